The molecule has 3 heteroatoms. The Morgan fingerprint density at radius 2 is 1.27 bits per heavy atom. The largest absolute Gasteiger partial charge is 0.326 e. The highest BCUT2D eigenvalue weighted by Gasteiger charge is 2.25. The topological polar surface area (TPSA) is 46.2 Å². The van der Waals surface area contributed by atoms with E-state index in [4.69, 9.17) is 0 Å². The molecule has 0 saturated heterocycles. The Morgan fingerprint density at radius 3 is 1.77 bits per heavy atom. The van der Waals surface area contributed by atoms with Crippen LogP contribution in [-0.4, -0.2) is 11.7 Å². The summed E-state index contributed by atoms with van der Waals surface area (Å²) in [7, 11) is 0. The minimum atomic E-state index is -0.0928. The fourth-order valence-corrected chi connectivity index (χ4v) is 3.31. The molecule has 0 spiro atoms. The van der Waals surface area contributed by atoms with Crippen molar-refractivity contribution in [3.8, 4) is 0 Å². The molecule has 1 N–H and O–H groups in total. The van der Waals surface area contributed by atoms with Crippen molar-refractivity contribution in [2.75, 3.05) is 5.32 Å². The Balaban J connectivity index is 1.83. The third-order valence-corrected chi connectivity index (χ3v) is 4.47. The maximum atomic E-state index is 12.8. The molecule has 0 fully saturated rings. The van der Waals surface area contributed by atoms with Crippen LogP contribution in [0.1, 0.15) is 39.5 Å². The number of carbonyl (C=O) groups is 2. The monoisotopic (exact) mass is 339 g/mol. The molecule has 0 bridgehead atoms. The molecule has 3 aromatic rings. The molecule has 1 aliphatic rings. The maximum absolute atomic E-state index is 12.8. The van der Waals surface area contributed by atoms with Crippen LogP contribution in [0.25, 0.3) is 11.6 Å². The SMILES string of the molecule is CC(=O)Nc1ccc(C=C2c3ccccc3C(=O)c3ccccc32)cc1. The van der Waals surface area contributed by atoms with Gasteiger partial charge in [0, 0.05) is 23.7 Å². The zero-order chi connectivity index (χ0) is 18.1. The molecular weight excluding hydrogens is 322 g/mol. The second-order valence-corrected chi connectivity index (χ2v) is 6.28. The lowest BCUT2D eigenvalue weighted by Gasteiger charge is -2.21. The van der Waals surface area contributed by atoms with Gasteiger partial charge < -0.3 is 5.32 Å². The van der Waals surface area contributed by atoms with E-state index >= 15 is 0 Å². The van der Waals surface area contributed by atoms with Gasteiger partial charge in [-0.3, -0.25) is 9.59 Å². The van der Waals surface area contributed by atoms with Gasteiger partial charge in [-0.15, -0.1) is 0 Å². The zero-order valence-electron chi connectivity index (χ0n) is 14.3. The van der Waals surface area contributed by atoms with Crippen LogP contribution in [0, 0.1) is 0 Å². The minimum Gasteiger partial charge on any atom is -0.326 e. The van der Waals surface area contributed by atoms with Gasteiger partial charge in [0.2, 0.25) is 5.91 Å². The summed E-state index contributed by atoms with van der Waals surface area (Å²) < 4.78 is 0. The van der Waals surface area contributed by atoms with E-state index in [-0.39, 0.29) is 11.7 Å². The highest BCUT2D eigenvalue weighted by molar-refractivity contribution is 6.20. The molecule has 0 aromatic heterocycles. The molecule has 3 aromatic carbocycles. The number of hydrogen-bond donors (Lipinski definition) is 1. The van der Waals surface area contributed by atoms with Crippen molar-refractivity contribution in [2.45, 2.75) is 6.92 Å². The van der Waals surface area contributed by atoms with Crippen molar-refractivity contribution < 1.29 is 9.59 Å². The van der Waals surface area contributed by atoms with E-state index in [1.807, 2.05) is 72.8 Å². The van der Waals surface area contributed by atoms with E-state index in [9.17, 15) is 9.59 Å². The van der Waals surface area contributed by atoms with E-state index in [0.29, 0.717) is 0 Å². The van der Waals surface area contributed by atoms with Crippen LogP contribution in [0.15, 0.2) is 72.8 Å². The summed E-state index contributed by atoms with van der Waals surface area (Å²) >= 11 is 0. The van der Waals surface area contributed by atoms with Gasteiger partial charge in [-0.2, -0.15) is 0 Å². The number of rotatable bonds is 2. The second kappa shape index (κ2) is 6.45. The molecule has 0 radical (unpaired) electrons. The fourth-order valence-electron chi connectivity index (χ4n) is 3.31. The number of anilines is 1. The molecule has 3 nitrogen and oxygen atoms in total. The van der Waals surface area contributed by atoms with Crippen molar-refractivity contribution >= 4 is 29.0 Å². The van der Waals surface area contributed by atoms with E-state index in [2.05, 4.69) is 11.4 Å². The number of benzene rings is 3. The molecule has 1 aliphatic carbocycles. The molecule has 0 heterocycles. The third kappa shape index (κ3) is 2.84. The fraction of sp³-hybridized carbons (Fsp3) is 0.0435. The number of hydrogen-bond acceptors (Lipinski definition) is 2. The smallest absolute Gasteiger partial charge is 0.221 e. The molecule has 0 saturated carbocycles. The minimum absolute atomic E-state index is 0.0642. The van der Waals surface area contributed by atoms with E-state index < -0.39 is 0 Å². The number of nitrogens with one attached hydrogen (secondary N) is 1. The van der Waals surface area contributed by atoms with Crippen molar-refractivity contribution in [2.24, 2.45) is 0 Å². The molecular formula is C23H17NO2. The van der Waals surface area contributed by atoms with Crippen molar-refractivity contribution in [3.05, 3.63) is 101 Å². The van der Waals surface area contributed by atoms with Crippen LogP contribution >= 0.6 is 0 Å². The predicted molar refractivity (Wildman–Crippen MR) is 104 cm³/mol. The Labute approximate surface area is 152 Å². The lowest BCUT2D eigenvalue weighted by atomic mass is 9.81. The van der Waals surface area contributed by atoms with E-state index in [1.165, 1.54) is 6.92 Å². The van der Waals surface area contributed by atoms with Crippen molar-refractivity contribution in [3.63, 3.8) is 0 Å². The predicted octanol–water partition coefficient (Wildman–Crippen LogP) is 4.78. The summed E-state index contributed by atoms with van der Waals surface area (Å²) in [4.78, 5) is 24.0. The Kier molecular flexibility index (Phi) is 3.98. The average Bonchev–Trinajstić information content (AvgIpc) is 2.66. The lowest BCUT2D eigenvalue weighted by molar-refractivity contribution is -0.114. The summed E-state index contributed by atoms with van der Waals surface area (Å²) in [5.41, 5.74) is 6.15. The zero-order valence-corrected chi connectivity index (χ0v) is 14.3. The van der Waals surface area contributed by atoms with Crippen LogP contribution in [0.3, 0.4) is 0 Å². The standard InChI is InChI=1S/C23H17NO2/c1-15(25)24-17-12-10-16(11-13-17)14-22-18-6-2-4-8-20(18)23(26)21-9-5-3-7-19(21)22/h2-14H,1H3,(H,24,25). The quantitative estimate of drug-likeness (QED) is 0.571. The summed E-state index contributed by atoms with van der Waals surface area (Å²) in [5, 5.41) is 2.77. The molecule has 4 rings (SSSR count). The average molecular weight is 339 g/mol. The highest BCUT2D eigenvalue weighted by atomic mass is 16.1. The van der Waals surface area contributed by atoms with Crippen LogP contribution in [0.2, 0.25) is 0 Å². The first-order chi connectivity index (χ1) is 12.6. The van der Waals surface area contributed by atoms with Gasteiger partial charge >= 0.3 is 0 Å². The van der Waals surface area contributed by atoms with Gasteiger partial charge in [-0.1, -0.05) is 60.7 Å². The van der Waals surface area contributed by atoms with Crippen LogP contribution in [0.5, 0.6) is 0 Å². The van der Waals surface area contributed by atoms with Gasteiger partial charge in [-0.25, -0.2) is 0 Å². The van der Waals surface area contributed by atoms with E-state index in [1.54, 1.807) is 0 Å². The number of carbonyl (C=O) groups excluding carboxylic acids is 2. The first kappa shape index (κ1) is 16.0. The second-order valence-electron chi connectivity index (χ2n) is 6.28. The van der Waals surface area contributed by atoms with Crippen LogP contribution in [0.4, 0.5) is 5.69 Å². The summed E-state index contributed by atoms with van der Waals surface area (Å²) in [5.74, 6) is -0.0286. The van der Waals surface area contributed by atoms with Crippen molar-refractivity contribution in [1.82, 2.24) is 0 Å². The molecule has 126 valence electrons. The normalized spacial score (nSPS) is 12.2. The molecule has 1 amide bonds. The molecule has 26 heavy (non-hydrogen) atoms. The molecule has 0 aliphatic heterocycles. The molecule has 0 atom stereocenters. The number of fused-ring (bicyclic) bond motifs is 2. The Bertz CT molecular complexity index is 994. The maximum Gasteiger partial charge on any atom is 0.221 e. The highest BCUT2D eigenvalue weighted by Crippen LogP contribution is 2.36. The number of amides is 1. The van der Waals surface area contributed by atoms with Gasteiger partial charge in [0.25, 0.3) is 0 Å². The summed E-state index contributed by atoms with van der Waals surface area (Å²) in [6, 6.07) is 23.1. The lowest BCUT2D eigenvalue weighted by Crippen LogP contribution is -2.14. The van der Waals surface area contributed by atoms with Crippen molar-refractivity contribution in [1.29, 1.82) is 0 Å². The van der Waals surface area contributed by atoms with Crippen LogP contribution in [-0.2, 0) is 4.79 Å². The van der Waals surface area contributed by atoms with Gasteiger partial charge in [-0.05, 0) is 40.5 Å². The first-order valence-electron chi connectivity index (χ1n) is 8.46. The van der Waals surface area contributed by atoms with Gasteiger partial charge in [0.15, 0.2) is 5.78 Å². The van der Waals surface area contributed by atoms with Gasteiger partial charge in [0.1, 0.15) is 0 Å². The third-order valence-electron chi connectivity index (χ3n) is 4.47. The Morgan fingerprint density at radius 1 is 0.769 bits per heavy atom. The first-order valence-corrected chi connectivity index (χ1v) is 8.46. The van der Waals surface area contributed by atoms with Crippen LogP contribution < -0.4 is 5.32 Å². The Hall–Kier alpha value is -3.46. The summed E-state index contributed by atoms with van der Waals surface area (Å²) in [6.45, 7) is 1.49. The number of ketones is 1. The summed E-state index contributed by atoms with van der Waals surface area (Å²) in [6.07, 6.45) is 2.08. The van der Waals surface area contributed by atoms with E-state index in [0.717, 1.165) is 39.1 Å². The van der Waals surface area contributed by atoms with Gasteiger partial charge in [0.05, 0.1) is 0 Å². The molecule has 0 unspecified atom stereocenters.